The van der Waals surface area contributed by atoms with Gasteiger partial charge in [-0.05, 0) is 24.3 Å². The summed E-state index contributed by atoms with van der Waals surface area (Å²) in [6, 6.07) is 13.1. The van der Waals surface area contributed by atoms with Gasteiger partial charge in [-0.1, -0.05) is 24.3 Å². The Bertz CT molecular complexity index is 1060. The van der Waals surface area contributed by atoms with E-state index in [4.69, 9.17) is 9.47 Å². The van der Waals surface area contributed by atoms with E-state index in [2.05, 4.69) is 21.0 Å². The van der Waals surface area contributed by atoms with Crippen LogP contribution in [-0.4, -0.2) is 42.3 Å². The van der Waals surface area contributed by atoms with Crippen LogP contribution < -0.4 is 21.1 Å². The molecule has 144 valence electrons. The van der Waals surface area contributed by atoms with Crippen LogP contribution in [0.2, 0.25) is 0 Å². The number of carbonyl (C=O) groups excluding carboxylic acids is 2. The molecule has 2 amide bonds. The molecule has 1 heterocycles. The zero-order valence-electron chi connectivity index (χ0n) is 15.0. The number of nitrogens with zero attached hydrogens (tertiary/aromatic N) is 1. The Labute approximate surface area is 159 Å². The highest BCUT2D eigenvalue weighted by Gasteiger charge is 2.15. The third-order valence-electron chi connectivity index (χ3n) is 3.85. The Balaban J connectivity index is 1.68. The molecule has 0 aliphatic rings. The fraction of sp³-hybridized carbons (Fsp3) is 0.158. The van der Waals surface area contributed by atoms with Crippen LogP contribution in [0.1, 0.15) is 20.8 Å². The predicted molar refractivity (Wildman–Crippen MR) is 101 cm³/mol. The van der Waals surface area contributed by atoms with E-state index in [0.717, 1.165) is 0 Å². The van der Waals surface area contributed by atoms with Crippen molar-refractivity contribution in [2.75, 3.05) is 20.3 Å². The smallest absolute Gasteiger partial charge is 0.290 e. The molecule has 0 unspecified atom stereocenters. The molecule has 0 aliphatic heterocycles. The minimum atomic E-state index is -0.659. The molecule has 9 nitrogen and oxygen atoms in total. The molecule has 28 heavy (non-hydrogen) atoms. The van der Waals surface area contributed by atoms with Crippen molar-refractivity contribution in [3.05, 3.63) is 70.1 Å². The first kappa shape index (κ1) is 19.1. The van der Waals surface area contributed by atoms with Crippen molar-refractivity contribution in [3.8, 4) is 5.75 Å². The van der Waals surface area contributed by atoms with Crippen molar-refractivity contribution in [2.45, 2.75) is 0 Å². The summed E-state index contributed by atoms with van der Waals surface area (Å²) in [5.41, 5.74) is 4.51. The first-order valence-electron chi connectivity index (χ1n) is 8.40. The number of hydrogen-bond acceptors (Lipinski definition) is 6. The molecule has 1 aromatic heterocycles. The van der Waals surface area contributed by atoms with Gasteiger partial charge in [-0.2, -0.15) is 5.10 Å². The molecule has 3 aromatic rings. The number of benzene rings is 2. The monoisotopic (exact) mass is 382 g/mol. The average Bonchev–Trinajstić information content (AvgIpc) is 2.73. The number of amides is 2. The number of ether oxygens (including phenoxy) is 2. The molecular weight excluding hydrogens is 364 g/mol. The fourth-order valence-corrected chi connectivity index (χ4v) is 2.50. The van der Waals surface area contributed by atoms with Crippen molar-refractivity contribution in [2.24, 2.45) is 0 Å². The number of methoxy groups -OCH3 is 1. The topological polar surface area (TPSA) is 122 Å². The number of hydrogen-bond donors (Lipinski definition) is 3. The molecule has 0 radical (unpaired) electrons. The van der Waals surface area contributed by atoms with E-state index >= 15 is 0 Å². The molecule has 0 atom stereocenters. The Hall–Kier alpha value is -3.72. The molecular formula is C19H18N4O5. The third kappa shape index (κ3) is 4.33. The van der Waals surface area contributed by atoms with Gasteiger partial charge in [-0.3, -0.25) is 25.2 Å². The normalized spacial score (nSPS) is 10.5. The highest BCUT2D eigenvalue weighted by molar-refractivity contribution is 6.05. The van der Waals surface area contributed by atoms with Gasteiger partial charge in [0.25, 0.3) is 17.4 Å². The molecule has 0 fully saturated rings. The molecule has 0 aliphatic carbocycles. The molecule has 0 saturated carbocycles. The maximum absolute atomic E-state index is 12.4. The molecule has 0 bridgehead atoms. The highest BCUT2D eigenvalue weighted by Crippen LogP contribution is 2.14. The van der Waals surface area contributed by atoms with E-state index in [1.54, 1.807) is 55.6 Å². The van der Waals surface area contributed by atoms with Crippen LogP contribution in [0.3, 0.4) is 0 Å². The standard InChI is InChI=1S/C19H18N4O5/c1-27-9-10-28-13-6-4-5-12(11-13)17(24)21-23-19(26)16-14-7-2-3-8-15(14)18(25)22-20-16/h2-8,11H,9-10H2,1H3,(H,21,24)(H,22,25)(H,23,26). The average molecular weight is 382 g/mol. The maximum atomic E-state index is 12.4. The number of aromatic amines is 1. The van der Waals surface area contributed by atoms with Gasteiger partial charge in [0, 0.05) is 18.1 Å². The van der Waals surface area contributed by atoms with Crippen molar-refractivity contribution >= 4 is 22.6 Å². The van der Waals surface area contributed by atoms with Crippen LogP contribution in [0, 0.1) is 0 Å². The van der Waals surface area contributed by atoms with Crippen LogP contribution in [-0.2, 0) is 4.74 Å². The zero-order valence-corrected chi connectivity index (χ0v) is 15.0. The fourth-order valence-electron chi connectivity index (χ4n) is 2.50. The van der Waals surface area contributed by atoms with Crippen molar-refractivity contribution in [3.63, 3.8) is 0 Å². The van der Waals surface area contributed by atoms with E-state index in [1.807, 2.05) is 0 Å². The molecule has 0 saturated heterocycles. The highest BCUT2D eigenvalue weighted by atomic mass is 16.5. The summed E-state index contributed by atoms with van der Waals surface area (Å²) in [6.45, 7) is 0.774. The van der Waals surface area contributed by atoms with Crippen molar-refractivity contribution in [1.29, 1.82) is 0 Å². The van der Waals surface area contributed by atoms with Crippen LogP contribution in [0.5, 0.6) is 5.75 Å². The number of H-pyrrole nitrogens is 1. The summed E-state index contributed by atoms with van der Waals surface area (Å²) in [6.07, 6.45) is 0. The predicted octanol–water partition coefficient (Wildman–Crippen LogP) is 1.02. The maximum Gasteiger partial charge on any atom is 0.290 e. The van der Waals surface area contributed by atoms with Gasteiger partial charge in [0.05, 0.1) is 12.0 Å². The number of hydrazine groups is 1. The van der Waals surface area contributed by atoms with E-state index in [9.17, 15) is 14.4 Å². The Morgan fingerprint density at radius 2 is 1.75 bits per heavy atom. The molecule has 9 heteroatoms. The third-order valence-corrected chi connectivity index (χ3v) is 3.85. The first-order valence-corrected chi connectivity index (χ1v) is 8.40. The minimum absolute atomic E-state index is 0.00727. The van der Waals surface area contributed by atoms with Crippen LogP contribution in [0.25, 0.3) is 10.8 Å². The largest absolute Gasteiger partial charge is 0.491 e. The number of fused-ring (bicyclic) bond motifs is 1. The second-order valence-corrected chi connectivity index (χ2v) is 5.72. The van der Waals surface area contributed by atoms with E-state index < -0.39 is 17.4 Å². The lowest BCUT2D eigenvalue weighted by molar-refractivity contribution is 0.0844. The lowest BCUT2D eigenvalue weighted by Gasteiger charge is -2.10. The number of carbonyl (C=O) groups is 2. The summed E-state index contributed by atoms with van der Waals surface area (Å²) in [7, 11) is 1.57. The first-order chi connectivity index (χ1) is 13.6. The summed E-state index contributed by atoms with van der Waals surface area (Å²) >= 11 is 0. The molecule has 0 spiro atoms. The van der Waals surface area contributed by atoms with Crippen molar-refractivity contribution < 1.29 is 19.1 Å². The number of nitrogens with one attached hydrogen (secondary N) is 3. The summed E-state index contributed by atoms with van der Waals surface area (Å²) in [4.78, 5) is 36.5. The van der Waals surface area contributed by atoms with Gasteiger partial charge in [-0.15, -0.1) is 0 Å². The SMILES string of the molecule is COCCOc1cccc(C(=O)NNC(=O)c2n[nH]c(=O)c3ccccc23)c1. The lowest BCUT2D eigenvalue weighted by Crippen LogP contribution is -2.42. The van der Waals surface area contributed by atoms with Gasteiger partial charge in [0.15, 0.2) is 5.69 Å². The van der Waals surface area contributed by atoms with Crippen LogP contribution >= 0.6 is 0 Å². The van der Waals surface area contributed by atoms with E-state index in [-0.39, 0.29) is 5.69 Å². The molecule has 3 rings (SSSR count). The number of rotatable bonds is 6. The van der Waals surface area contributed by atoms with Crippen LogP contribution in [0.4, 0.5) is 0 Å². The number of aromatic nitrogens is 2. The second-order valence-electron chi connectivity index (χ2n) is 5.72. The lowest BCUT2D eigenvalue weighted by atomic mass is 10.1. The van der Waals surface area contributed by atoms with Crippen LogP contribution in [0.15, 0.2) is 53.3 Å². The van der Waals surface area contributed by atoms with Gasteiger partial charge in [-0.25, -0.2) is 5.10 Å². The Morgan fingerprint density at radius 1 is 1.00 bits per heavy atom. The second kappa shape index (κ2) is 8.78. The quantitative estimate of drug-likeness (QED) is 0.432. The van der Waals surface area contributed by atoms with E-state index in [0.29, 0.717) is 35.3 Å². The van der Waals surface area contributed by atoms with Gasteiger partial charge >= 0.3 is 0 Å². The Morgan fingerprint density at radius 3 is 2.54 bits per heavy atom. The van der Waals surface area contributed by atoms with Gasteiger partial charge < -0.3 is 9.47 Å². The van der Waals surface area contributed by atoms with Gasteiger partial charge in [0.1, 0.15) is 12.4 Å². The minimum Gasteiger partial charge on any atom is -0.491 e. The summed E-state index contributed by atoms with van der Waals surface area (Å²) in [5, 5.41) is 6.76. The summed E-state index contributed by atoms with van der Waals surface area (Å²) in [5.74, 6) is -0.683. The van der Waals surface area contributed by atoms with Gasteiger partial charge in [0.2, 0.25) is 0 Å². The zero-order chi connectivity index (χ0) is 19.9. The molecule has 2 aromatic carbocycles. The molecule has 3 N–H and O–H groups in total. The Kier molecular flexibility index (Phi) is 5.97. The van der Waals surface area contributed by atoms with Crippen molar-refractivity contribution in [1.82, 2.24) is 21.0 Å². The van der Waals surface area contributed by atoms with E-state index in [1.165, 1.54) is 0 Å². The summed E-state index contributed by atoms with van der Waals surface area (Å²) < 4.78 is 10.4.